The molecular weight excluding hydrogens is 256 g/mol. The smallest absolute Gasteiger partial charge is 0.413 e. The molecule has 2 N–H and O–H groups in total. The Kier molecular flexibility index (Phi) is 4.32. The van der Waals surface area contributed by atoms with Crippen LogP contribution in [0.5, 0.6) is 0 Å². The highest BCUT2D eigenvalue weighted by molar-refractivity contribution is 5.84. The van der Waals surface area contributed by atoms with Crippen LogP contribution < -0.4 is 10.6 Å². The lowest BCUT2D eigenvalue weighted by atomic mass is 10.2. The van der Waals surface area contributed by atoms with Crippen molar-refractivity contribution in [3.05, 3.63) is 11.8 Å². The van der Waals surface area contributed by atoms with Crippen molar-refractivity contribution in [3.63, 3.8) is 0 Å². The van der Waals surface area contributed by atoms with E-state index in [2.05, 4.69) is 15.7 Å². The van der Waals surface area contributed by atoms with E-state index in [9.17, 15) is 4.79 Å². The van der Waals surface area contributed by atoms with E-state index in [4.69, 9.17) is 4.74 Å². The topological polar surface area (TPSA) is 68.2 Å². The van der Waals surface area contributed by atoms with Gasteiger partial charge in [-0.2, -0.15) is 5.10 Å². The van der Waals surface area contributed by atoms with Crippen LogP contribution >= 0.6 is 0 Å². The van der Waals surface area contributed by atoms with Gasteiger partial charge < -0.3 is 10.1 Å². The first-order chi connectivity index (χ1) is 9.35. The summed E-state index contributed by atoms with van der Waals surface area (Å²) in [5.41, 5.74) is 0.464. The molecule has 0 atom stereocenters. The van der Waals surface area contributed by atoms with Crippen molar-refractivity contribution >= 4 is 11.9 Å². The first-order valence-electron chi connectivity index (χ1n) is 7.07. The summed E-state index contributed by atoms with van der Waals surface area (Å²) in [6, 6.07) is 0. The Morgan fingerprint density at radius 3 is 2.80 bits per heavy atom. The average Bonchev–Trinajstić information content (AvgIpc) is 3.06. The number of hydrogen-bond acceptors (Lipinski definition) is 4. The second-order valence-electron chi connectivity index (χ2n) is 6.34. The van der Waals surface area contributed by atoms with Gasteiger partial charge in [0.05, 0.1) is 6.20 Å². The molecule has 112 valence electrons. The van der Waals surface area contributed by atoms with E-state index in [0.29, 0.717) is 12.4 Å². The van der Waals surface area contributed by atoms with Crippen molar-refractivity contribution in [1.82, 2.24) is 15.1 Å². The van der Waals surface area contributed by atoms with Crippen molar-refractivity contribution in [3.8, 4) is 0 Å². The largest absolute Gasteiger partial charge is 0.444 e. The third-order valence-corrected chi connectivity index (χ3v) is 3.08. The number of ether oxygens (including phenoxy) is 1. The fraction of sp³-hybridized carbons (Fsp3) is 0.714. The van der Waals surface area contributed by atoms with E-state index in [-0.39, 0.29) is 0 Å². The van der Waals surface area contributed by atoms with Gasteiger partial charge in [-0.25, -0.2) is 4.79 Å². The first kappa shape index (κ1) is 14.8. The summed E-state index contributed by atoms with van der Waals surface area (Å²) in [7, 11) is 1.80. The van der Waals surface area contributed by atoms with Crippen LogP contribution in [0.15, 0.2) is 6.20 Å². The van der Waals surface area contributed by atoms with Crippen LogP contribution in [0.3, 0.4) is 0 Å². The van der Waals surface area contributed by atoms with Crippen LogP contribution in [-0.4, -0.2) is 28.0 Å². The summed E-state index contributed by atoms with van der Waals surface area (Å²) in [5, 5.41) is 10.3. The van der Waals surface area contributed by atoms with E-state index in [1.807, 2.05) is 20.8 Å². The molecule has 1 saturated carbocycles. The van der Waals surface area contributed by atoms with Crippen molar-refractivity contribution in [2.45, 2.75) is 45.8 Å². The van der Waals surface area contributed by atoms with Crippen molar-refractivity contribution in [1.29, 1.82) is 0 Å². The molecule has 1 aliphatic rings. The van der Waals surface area contributed by atoms with Crippen LogP contribution in [0.2, 0.25) is 0 Å². The second kappa shape index (κ2) is 5.83. The molecule has 0 unspecified atom stereocenters. The third kappa shape index (κ3) is 4.52. The van der Waals surface area contributed by atoms with E-state index in [1.54, 1.807) is 17.9 Å². The quantitative estimate of drug-likeness (QED) is 0.868. The van der Waals surface area contributed by atoms with Crippen LogP contribution in [0, 0.1) is 5.92 Å². The minimum Gasteiger partial charge on any atom is -0.444 e. The summed E-state index contributed by atoms with van der Waals surface area (Å²) in [5.74, 6) is 1.51. The number of anilines is 1. The van der Waals surface area contributed by atoms with Crippen LogP contribution in [0.4, 0.5) is 10.6 Å². The van der Waals surface area contributed by atoms with Crippen LogP contribution in [-0.2, 0) is 18.3 Å². The van der Waals surface area contributed by atoms with E-state index < -0.39 is 11.7 Å². The molecule has 6 heteroatoms. The Labute approximate surface area is 119 Å². The highest BCUT2D eigenvalue weighted by Gasteiger charge is 2.21. The molecule has 1 aliphatic carbocycles. The summed E-state index contributed by atoms with van der Waals surface area (Å²) in [6.07, 6.45) is 3.96. The number of amides is 1. The molecule has 0 saturated heterocycles. The molecule has 1 heterocycles. The van der Waals surface area contributed by atoms with Gasteiger partial charge in [-0.3, -0.25) is 10.00 Å². The fourth-order valence-corrected chi connectivity index (χ4v) is 1.91. The van der Waals surface area contributed by atoms with Gasteiger partial charge in [-0.05, 0) is 46.1 Å². The van der Waals surface area contributed by atoms with Crippen molar-refractivity contribution < 1.29 is 9.53 Å². The number of aryl methyl sites for hydroxylation is 1. The molecule has 1 aromatic rings. The van der Waals surface area contributed by atoms with Crippen LogP contribution in [0.25, 0.3) is 0 Å². The summed E-state index contributed by atoms with van der Waals surface area (Å²) in [6.45, 7) is 7.26. The van der Waals surface area contributed by atoms with Gasteiger partial charge in [0.2, 0.25) is 0 Å². The summed E-state index contributed by atoms with van der Waals surface area (Å²) >= 11 is 0. The van der Waals surface area contributed by atoms with Gasteiger partial charge in [0.15, 0.2) is 0 Å². The van der Waals surface area contributed by atoms with Gasteiger partial charge in [0.25, 0.3) is 0 Å². The predicted octanol–water partition coefficient (Wildman–Crippen LogP) is 2.27. The first-order valence-corrected chi connectivity index (χ1v) is 7.07. The number of hydrogen-bond donors (Lipinski definition) is 2. The van der Waals surface area contributed by atoms with Gasteiger partial charge in [0.1, 0.15) is 11.4 Å². The van der Waals surface area contributed by atoms with Gasteiger partial charge in [-0.15, -0.1) is 0 Å². The van der Waals surface area contributed by atoms with E-state index in [1.165, 1.54) is 12.8 Å². The Balaban J connectivity index is 1.91. The SMILES string of the molecule is Cn1ncc(CNCC2CC2)c1NC(=O)OC(C)(C)C. The number of carbonyl (C=O) groups is 1. The number of aromatic nitrogens is 2. The minimum absolute atomic E-state index is 0.454. The summed E-state index contributed by atoms with van der Waals surface area (Å²) < 4.78 is 6.91. The molecule has 0 aromatic carbocycles. The van der Waals surface area contributed by atoms with Gasteiger partial charge in [-0.1, -0.05) is 0 Å². The minimum atomic E-state index is -0.507. The Hall–Kier alpha value is -1.56. The number of nitrogens with zero attached hydrogens (tertiary/aromatic N) is 2. The normalized spacial score (nSPS) is 15.2. The average molecular weight is 280 g/mol. The molecule has 6 nitrogen and oxygen atoms in total. The fourth-order valence-electron chi connectivity index (χ4n) is 1.91. The molecule has 1 aromatic heterocycles. The van der Waals surface area contributed by atoms with Gasteiger partial charge >= 0.3 is 6.09 Å². The monoisotopic (exact) mass is 280 g/mol. The molecule has 0 spiro atoms. The van der Waals surface area contributed by atoms with Crippen LogP contribution in [0.1, 0.15) is 39.2 Å². The third-order valence-electron chi connectivity index (χ3n) is 3.08. The highest BCUT2D eigenvalue weighted by Crippen LogP contribution is 2.27. The Morgan fingerprint density at radius 1 is 1.50 bits per heavy atom. The second-order valence-corrected chi connectivity index (χ2v) is 6.34. The zero-order valence-electron chi connectivity index (χ0n) is 12.7. The maximum atomic E-state index is 11.8. The summed E-state index contributed by atoms with van der Waals surface area (Å²) in [4.78, 5) is 11.8. The molecule has 0 bridgehead atoms. The van der Waals surface area contributed by atoms with E-state index in [0.717, 1.165) is 18.0 Å². The molecule has 1 fully saturated rings. The number of carbonyl (C=O) groups excluding carboxylic acids is 1. The lowest BCUT2D eigenvalue weighted by Crippen LogP contribution is -2.28. The highest BCUT2D eigenvalue weighted by atomic mass is 16.6. The predicted molar refractivity (Wildman–Crippen MR) is 77.5 cm³/mol. The maximum absolute atomic E-state index is 11.8. The Bertz CT molecular complexity index is 472. The lowest BCUT2D eigenvalue weighted by molar-refractivity contribution is 0.0634. The zero-order chi connectivity index (χ0) is 14.8. The lowest BCUT2D eigenvalue weighted by Gasteiger charge is -2.20. The van der Waals surface area contributed by atoms with Crippen molar-refractivity contribution in [2.24, 2.45) is 13.0 Å². The standard InChI is InChI=1S/C14H24N4O2/c1-14(2,3)20-13(19)17-12-11(9-16-18(12)4)8-15-7-10-5-6-10/h9-10,15H,5-8H2,1-4H3,(H,17,19). The Morgan fingerprint density at radius 2 is 2.20 bits per heavy atom. The van der Waals surface area contributed by atoms with Crippen molar-refractivity contribution in [2.75, 3.05) is 11.9 Å². The molecule has 2 rings (SSSR count). The molecular formula is C14H24N4O2. The molecule has 0 radical (unpaired) electrons. The zero-order valence-corrected chi connectivity index (χ0v) is 12.7. The van der Waals surface area contributed by atoms with E-state index >= 15 is 0 Å². The molecule has 1 amide bonds. The maximum Gasteiger partial charge on any atom is 0.413 e. The molecule has 20 heavy (non-hydrogen) atoms. The van der Waals surface area contributed by atoms with Gasteiger partial charge in [0, 0.05) is 19.2 Å². The number of nitrogens with one attached hydrogen (secondary N) is 2. The number of rotatable bonds is 5. The molecule has 0 aliphatic heterocycles.